The van der Waals surface area contributed by atoms with E-state index in [1.807, 2.05) is 31.2 Å². The number of hydrogen-bond acceptors (Lipinski definition) is 3. The van der Waals surface area contributed by atoms with Crippen LogP contribution < -0.4 is 10.6 Å². The lowest BCUT2D eigenvalue weighted by molar-refractivity contribution is -0.122. The molecule has 1 aromatic carbocycles. The van der Waals surface area contributed by atoms with Crippen molar-refractivity contribution in [2.75, 3.05) is 6.54 Å². The molecule has 3 rings (SSSR count). The normalized spacial score (nSPS) is 18.9. The Morgan fingerprint density at radius 1 is 1.40 bits per heavy atom. The SMILES string of the molecule is Cc1c(C(=O)NC2CCC(=O)NC2)sc2ccccc12. The minimum Gasteiger partial charge on any atom is -0.354 e. The minimum absolute atomic E-state index is 0.0322. The third-order valence-electron chi connectivity index (χ3n) is 3.65. The highest BCUT2D eigenvalue weighted by atomic mass is 32.1. The Bertz CT molecular complexity index is 668. The molecule has 1 atom stereocenters. The summed E-state index contributed by atoms with van der Waals surface area (Å²) in [6.45, 7) is 2.50. The zero-order valence-electron chi connectivity index (χ0n) is 11.2. The number of piperidine rings is 1. The second-order valence-corrected chi connectivity index (χ2v) is 6.12. The molecule has 0 aliphatic carbocycles. The summed E-state index contributed by atoms with van der Waals surface area (Å²) < 4.78 is 1.13. The standard InChI is InChI=1S/C15H16N2O2S/c1-9-11-4-2-3-5-12(11)20-14(9)15(19)17-10-6-7-13(18)16-8-10/h2-5,10H,6-8H2,1H3,(H,16,18)(H,17,19). The molecule has 1 aromatic heterocycles. The van der Waals surface area contributed by atoms with Gasteiger partial charge >= 0.3 is 0 Å². The molecule has 20 heavy (non-hydrogen) atoms. The molecule has 1 aliphatic rings. The van der Waals surface area contributed by atoms with Crippen LogP contribution >= 0.6 is 11.3 Å². The van der Waals surface area contributed by atoms with E-state index in [0.29, 0.717) is 19.4 Å². The maximum absolute atomic E-state index is 12.4. The van der Waals surface area contributed by atoms with Crippen molar-refractivity contribution in [2.24, 2.45) is 0 Å². The molecular weight excluding hydrogens is 272 g/mol. The van der Waals surface area contributed by atoms with Gasteiger partial charge in [-0.25, -0.2) is 0 Å². The highest BCUT2D eigenvalue weighted by Gasteiger charge is 2.22. The van der Waals surface area contributed by atoms with E-state index in [1.54, 1.807) is 0 Å². The van der Waals surface area contributed by atoms with Gasteiger partial charge in [-0.3, -0.25) is 9.59 Å². The molecular formula is C15H16N2O2S. The van der Waals surface area contributed by atoms with Crippen LogP contribution in [0.2, 0.25) is 0 Å². The first-order chi connectivity index (χ1) is 9.65. The molecule has 0 bridgehead atoms. The summed E-state index contributed by atoms with van der Waals surface area (Å²) in [7, 11) is 0. The van der Waals surface area contributed by atoms with E-state index in [2.05, 4.69) is 10.6 Å². The van der Waals surface area contributed by atoms with Crippen molar-refractivity contribution in [1.82, 2.24) is 10.6 Å². The zero-order chi connectivity index (χ0) is 14.1. The fourth-order valence-electron chi connectivity index (χ4n) is 2.50. The van der Waals surface area contributed by atoms with Gasteiger partial charge in [0.25, 0.3) is 5.91 Å². The number of benzene rings is 1. The smallest absolute Gasteiger partial charge is 0.261 e. The first kappa shape index (κ1) is 13.1. The summed E-state index contributed by atoms with van der Waals surface area (Å²) in [5, 5.41) is 6.93. The average molecular weight is 288 g/mol. The lowest BCUT2D eigenvalue weighted by atomic mass is 10.1. The van der Waals surface area contributed by atoms with Gasteiger partial charge < -0.3 is 10.6 Å². The second kappa shape index (κ2) is 5.25. The molecule has 1 unspecified atom stereocenters. The predicted octanol–water partition coefficient (Wildman–Crippen LogP) is 2.22. The number of carbonyl (C=O) groups is 2. The Labute approximate surface area is 121 Å². The monoisotopic (exact) mass is 288 g/mol. The van der Waals surface area contributed by atoms with E-state index in [4.69, 9.17) is 0 Å². The Hall–Kier alpha value is -1.88. The van der Waals surface area contributed by atoms with Crippen LogP contribution in [-0.2, 0) is 4.79 Å². The molecule has 0 radical (unpaired) electrons. The average Bonchev–Trinajstić information content (AvgIpc) is 2.79. The van der Waals surface area contributed by atoms with Crippen molar-refractivity contribution in [3.63, 3.8) is 0 Å². The molecule has 0 spiro atoms. The molecule has 4 nitrogen and oxygen atoms in total. The molecule has 5 heteroatoms. The fourth-order valence-corrected chi connectivity index (χ4v) is 3.61. The van der Waals surface area contributed by atoms with E-state index >= 15 is 0 Å². The Morgan fingerprint density at radius 2 is 2.20 bits per heavy atom. The number of fused-ring (bicyclic) bond motifs is 1. The third kappa shape index (κ3) is 2.41. The predicted molar refractivity (Wildman–Crippen MR) is 80.1 cm³/mol. The van der Waals surface area contributed by atoms with Gasteiger partial charge in [-0.1, -0.05) is 18.2 Å². The summed E-state index contributed by atoms with van der Waals surface area (Å²) in [5.74, 6) is 0.0263. The van der Waals surface area contributed by atoms with Crippen LogP contribution in [0, 0.1) is 6.92 Å². The van der Waals surface area contributed by atoms with Crippen molar-refractivity contribution >= 4 is 33.2 Å². The van der Waals surface area contributed by atoms with E-state index in [0.717, 1.165) is 20.5 Å². The number of hydrogen-bond donors (Lipinski definition) is 2. The summed E-state index contributed by atoms with van der Waals surface area (Å²) >= 11 is 1.52. The number of carbonyl (C=O) groups excluding carboxylic acids is 2. The molecule has 104 valence electrons. The summed E-state index contributed by atoms with van der Waals surface area (Å²) in [6.07, 6.45) is 1.19. The van der Waals surface area contributed by atoms with Gasteiger partial charge in [0, 0.05) is 23.7 Å². The van der Waals surface area contributed by atoms with Crippen molar-refractivity contribution < 1.29 is 9.59 Å². The molecule has 0 saturated carbocycles. The van der Waals surface area contributed by atoms with Crippen LogP contribution in [0.25, 0.3) is 10.1 Å². The van der Waals surface area contributed by atoms with E-state index in [9.17, 15) is 9.59 Å². The molecule has 2 aromatic rings. The van der Waals surface area contributed by atoms with Crippen LogP contribution in [0.1, 0.15) is 28.1 Å². The van der Waals surface area contributed by atoms with Gasteiger partial charge in [-0.15, -0.1) is 11.3 Å². The van der Waals surface area contributed by atoms with Crippen LogP contribution in [0.5, 0.6) is 0 Å². The zero-order valence-corrected chi connectivity index (χ0v) is 12.0. The number of aryl methyl sites for hydroxylation is 1. The van der Waals surface area contributed by atoms with E-state index in [1.165, 1.54) is 11.3 Å². The molecule has 2 amide bonds. The maximum atomic E-state index is 12.4. The van der Waals surface area contributed by atoms with Crippen LogP contribution in [0.4, 0.5) is 0 Å². The van der Waals surface area contributed by atoms with Gasteiger partial charge in [0.1, 0.15) is 0 Å². The van der Waals surface area contributed by atoms with Gasteiger partial charge in [-0.2, -0.15) is 0 Å². The van der Waals surface area contributed by atoms with Gasteiger partial charge in [0.05, 0.1) is 4.88 Å². The van der Waals surface area contributed by atoms with Crippen LogP contribution in [0.15, 0.2) is 24.3 Å². The fraction of sp³-hybridized carbons (Fsp3) is 0.333. The first-order valence-corrected chi connectivity index (χ1v) is 7.52. The molecule has 2 heterocycles. The topological polar surface area (TPSA) is 58.2 Å². The Balaban J connectivity index is 1.79. The molecule has 1 fully saturated rings. The molecule has 2 N–H and O–H groups in total. The quantitative estimate of drug-likeness (QED) is 0.890. The summed E-state index contributed by atoms with van der Waals surface area (Å²) in [6, 6.07) is 8.07. The van der Waals surface area contributed by atoms with Gasteiger partial charge in [-0.05, 0) is 30.4 Å². The highest BCUT2D eigenvalue weighted by Crippen LogP contribution is 2.30. The third-order valence-corrected chi connectivity index (χ3v) is 4.92. The first-order valence-electron chi connectivity index (χ1n) is 6.71. The van der Waals surface area contributed by atoms with E-state index in [-0.39, 0.29) is 17.9 Å². The van der Waals surface area contributed by atoms with Crippen molar-refractivity contribution in [2.45, 2.75) is 25.8 Å². The van der Waals surface area contributed by atoms with E-state index < -0.39 is 0 Å². The van der Waals surface area contributed by atoms with Crippen molar-refractivity contribution in [3.05, 3.63) is 34.7 Å². The Morgan fingerprint density at radius 3 is 2.90 bits per heavy atom. The minimum atomic E-state index is -0.0372. The van der Waals surface area contributed by atoms with Crippen molar-refractivity contribution in [3.8, 4) is 0 Å². The highest BCUT2D eigenvalue weighted by molar-refractivity contribution is 7.21. The number of amides is 2. The number of rotatable bonds is 2. The van der Waals surface area contributed by atoms with Crippen molar-refractivity contribution in [1.29, 1.82) is 0 Å². The second-order valence-electron chi connectivity index (χ2n) is 5.07. The number of nitrogens with one attached hydrogen (secondary N) is 2. The van der Waals surface area contributed by atoms with Crippen LogP contribution in [-0.4, -0.2) is 24.4 Å². The van der Waals surface area contributed by atoms with Crippen LogP contribution in [0.3, 0.4) is 0 Å². The largest absolute Gasteiger partial charge is 0.354 e. The summed E-state index contributed by atoms with van der Waals surface area (Å²) in [5.41, 5.74) is 1.03. The number of thiophene rings is 1. The summed E-state index contributed by atoms with van der Waals surface area (Å²) in [4.78, 5) is 24.3. The Kier molecular flexibility index (Phi) is 3.44. The molecule has 1 aliphatic heterocycles. The lowest BCUT2D eigenvalue weighted by Crippen LogP contribution is -2.47. The van der Waals surface area contributed by atoms with Gasteiger partial charge in [0.15, 0.2) is 0 Å². The lowest BCUT2D eigenvalue weighted by Gasteiger charge is -2.23. The maximum Gasteiger partial charge on any atom is 0.261 e. The van der Waals surface area contributed by atoms with Gasteiger partial charge in [0.2, 0.25) is 5.91 Å². The molecule has 1 saturated heterocycles.